The maximum absolute atomic E-state index is 11.4. The van der Waals surface area contributed by atoms with Crippen LogP contribution in [0.2, 0.25) is 0 Å². The zero-order valence-corrected chi connectivity index (χ0v) is 7.47. The summed E-state index contributed by atoms with van der Waals surface area (Å²) in [5, 5.41) is 10.4. The van der Waals surface area contributed by atoms with Gasteiger partial charge in [0, 0.05) is 7.05 Å². The average molecular weight is 211 g/mol. The Morgan fingerprint density at radius 3 is 2.67 bits per heavy atom. The predicted octanol–water partition coefficient (Wildman–Crippen LogP) is -1.14. The van der Waals surface area contributed by atoms with Crippen molar-refractivity contribution in [3.05, 3.63) is 31.0 Å². The normalized spacial score (nSPS) is 10.7. The highest BCUT2D eigenvalue weighted by Gasteiger charge is 2.18. The molecule has 0 aromatic carbocycles. The Morgan fingerprint density at radius 2 is 2.07 bits per heavy atom. The highest BCUT2D eigenvalue weighted by atomic mass is 16.6. The van der Waals surface area contributed by atoms with Gasteiger partial charge >= 0.3 is 11.6 Å². The van der Waals surface area contributed by atoms with Crippen LogP contribution in [-0.4, -0.2) is 24.4 Å². The van der Waals surface area contributed by atoms with Gasteiger partial charge in [0.25, 0.3) is 11.2 Å². The molecule has 0 spiro atoms. The minimum absolute atomic E-state index is 0.0937. The Labute approximate surface area is 80.5 Å². The van der Waals surface area contributed by atoms with E-state index in [2.05, 4.69) is 15.0 Å². The van der Waals surface area contributed by atoms with Crippen molar-refractivity contribution in [2.75, 3.05) is 0 Å². The van der Waals surface area contributed by atoms with Gasteiger partial charge < -0.3 is 10.1 Å². The summed E-state index contributed by atoms with van der Waals surface area (Å²) < 4.78 is 0.796. The van der Waals surface area contributed by atoms with Gasteiger partial charge in [-0.15, -0.1) is 0 Å². The molecule has 9 heteroatoms. The topological polar surface area (TPSA) is 127 Å². The van der Waals surface area contributed by atoms with E-state index >= 15 is 0 Å². The van der Waals surface area contributed by atoms with Crippen LogP contribution in [0, 0.1) is 10.1 Å². The van der Waals surface area contributed by atoms with Crippen molar-refractivity contribution in [2.45, 2.75) is 0 Å². The van der Waals surface area contributed by atoms with Crippen molar-refractivity contribution >= 4 is 17.1 Å². The molecular weight excluding hydrogens is 206 g/mol. The van der Waals surface area contributed by atoms with Gasteiger partial charge in [-0.1, -0.05) is 0 Å². The van der Waals surface area contributed by atoms with Crippen LogP contribution in [0.15, 0.2) is 9.59 Å². The van der Waals surface area contributed by atoms with Crippen LogP contribution < -0.4 is 11.2 Å². The van der Waals surface area contributed by atoms with Crippen molar-refractivity contribution < 1.29 is 4.92 Å². The number of nitrogens with zero attached hydrogens (tertiary/aromatic N) is 3. The fraction of sp³-hybridized carbons (Fsp3) is 0.167. The van der Waals surface area contributed by atoms with Crippen LogP contribution in [0.3, 0.4) is 0 Å². The van der Waals surface area contributed by atoms with Crippen LogP contribution in [0.5, 0.6) is 0 Å². The fourth-order valence-electron chi connectivity index (χ4n) is 1.14. The second-order valence-corrected chi connectivity index (χ2v) is 2.84. The number of rotatable bonds is 1. The minimum Gasteiger partial charge on any atom is -0.390 e. The predicted molar refractivity (Wildman–Crippen MR) is 48.6 cm³/mol. The number of aromatic nitrogens is 4. The second-order valence-electron chi connectivity index (χ2n) is 2.84. The van der Waals surface area contributed by atoms with Crippen molar-refractivity contribution in [3.8, 4) is 0 Å². The first-order valence-corrected chi connectivity index (χ1v) is 3.84. The molecule has 2 aromatic heterocycles. The molecule has 2 aromatic rings. The largest absolute Gasteiger partial charge is 0.435 e. The van der Waals surface area contributed by atoms with E-state index in [0.717, 1.165) is 4.57 Å². The SMILES string of the molecule is Cn1c(=O)[nH]c2nc([N+](=O)[O-])[nH]c2c1=O. The number of aromatic amines is 2. The smallest absolute Gasteiger partial charge is 0.390 e. The second kappa shape index (κ2) is 2.77. The van der Waals surface area contributed by atoms with E-state index in [1.807, 2.05) is 0 Å². The Kier molecular flexibility index (Phi) is 1.68. The number of hydrogen-bond donors (Lipinski definition) is 2. The molecule has 0 fully saturated rings. The molecule has 0 aliphatic heterocycles. The summed E-state index contributed by atoms with van der Waals surface area (Å²) in [7, 11) is 1.26. The Bertz CT molecular complexity index is 662. The van der Waals surface area contributed by atoms with E-state index in [1.54, 1.807) is 0 Å². The van der Waals surface area contributed by atoms with Crippen molar-refractivity contribution in [1.29, 1.82) is 0 Å². The Balaban J connectivity index is 2.95. The summed E-state index contributed by atoms with van der Waals surface area (Å²) >= 11 is 0. The first-order chi connectivity index (χ1) is 7.00. The van der Waals surface area contributed by atoms with Gasteiger partial charge in [0.1, 0.15) is 0 Å². The summed E-state index contributed by atoms with van der Waals surface area (Å²) in [5.41, 5.74) is -1.54. The lowest BCUT2D eigenvalue weighted by molar-refractivity contribution is -0.393. The van der Waals surface area contributed by atoms with Crippen molar-refractivity contribution in [2.24, 2.45) is 7.05 Å². The molecule has 0 saturated heterocycles. The third-order valence-electron chi connectivity index (χ3n) is 1.91. The third kappa shape index (κ3) is 1.21. The lowest BCUT2D eigenvalue weighted by Gasteiger charge is -1.90. The van der Waals surface area contributed by atoms with Gasteiger partial charge in [-0.2, -0.15) is 0 Å². The molecule has 0 amide bonds. The molecule has 0 aliphatic rings. The Morgan fingerprint density at radius 1 is 1.40 bits per heavy atom. The zero-order chi connectivity index (χ0) is 11.2. The lowest BCUT2D eigenvalue weighted by Crippen LogP contribution is -2.32. The van der Waals surface area contributed by atoms with E-state index < -0.39 is 22.1 Å². The number of imidazole rings is 1. The molecular formula is C6H5N5O4. The number of hydrogen-bond acceptors (Lipinski definition) is 5. The number of fused-ring (bicyclic) bond motifs is 1. The molecule has 0 radical (unpaired) electrons. The molecule has 0 atom stereocenters. The molecule has 0 unspecified atom stereocenters. The molecule has 2 heterocycles. The van der Waals surface area contributed by atoms with E-state index in [4.69, 9.17) is 0 Å². The molecule has 78 valence electrons. The van der Waals surface area contributed by atoms with Gasteiger partial charge in [0.05, 0.1) is 0 Å². The van der Waals surface area contributed by atoms with E-state index in [0.29, 0.717) is 0 Å². The molecule has 15 heavy (non-hydrogen) atoms. The maximum atomic E-state index is 11.4. The number of nitro groups is 1. The molecule has 2 rings (SSSR count). The van der Waals surface area contributed by atoms with E-state index in [-0.39, 0.29) is 11.2 Å². The summed E-state index contributed by atoms with van der Waals surface area (Å²) in [6.07, 6.45) is 0. The first kappa shape index (κ1) is 9.12. The van der Waals surface area contributed by atoms with Crippen LogP contribution >= 0.6 is 0 Å². The van der Waals surface area contributed by atoms with Crippen LogP contribution in [0.1, 0.15) is 0 Å². The van der Waals surface area contributed by atoms with Gasteiger partial charge in [-0.3, -0.25) is 14.3 Å². The highest BCUT2D eigenvalue weighted by Crippen LogP contribution is 2.07. The maximum Gasteiger partial charge on any atom is 0.435 e. The van der Waals surface area contributed by atoms with Gasteiger partial charge in [0.2, 0.25) is 5.52 Å². The molecule has 0 saturated carbocycles. The average Bonchev–Trinajstić information content (AvgIpc) is 2.58. The van der Waals surface area contributed by atoms with E-state index in [1.165, 1.54) is 7.05 Å². The van der Waals surface area contributed by atoms with Crippen molar-refractivity contribution in [3.63, 3.8) is 0 Å². The summed E-state index contributed by atoms with van der Waals surface area (Å²) in [6, 6.07) is 0. The number of nitrogens with one attached hydrogen (secondary N) is 2. The molecule has 2 N–H and O–H groups in total. The quantitative estimate of drug-likeness (QED) is 0.455. The van der Waals surface area contributed by atoms with Crippen LogP contribution in [-0.2, 0) is 7.05 Å². The molecule has 0 bridgehead atoms. The molecule has 0 aliphatic carbocycles. The number of H-pyrrole nitrogens is 2. The minimum atomic E-state index is -0.780. The first-order valence-electron chi connectivity index (χ1n) is 3.84. The molecule has 9 nitrogen and oxygen atoms in total. The Hall–Kier alpha value is -2.45. The van der Waals surface area contributed by atoms with Gasteiger partial charge in [0.15, 0.2) is 0 Å². The van der Waals surface area contributed by atoms with Gasteiger partial charge in [-0.05, 0) is 9.91 Å². The van der Waals surface area contributed by atoms with Crippen LogP contribution in [0.4, 0.5) is 5.95 Å². The van der Waals surface area contributed by atoms with Gasteiger partial charge in [-0.25, -0.2) is 9.78 Å². The van der Waals surface area contributed by atoms with Crippen molar-refractivity contribution in [1.82, 2.24) is 19.5 Å². The highest BCUT2D eigenvalue weighted by molar-refractivity contribution is 5.70. The summed E-state index contributed by atoms with van der Waals surface area (Å²) in [6.45, 7) is 0. The standard InChI is InChI=1S/C6H5N5O4/c1-10-4(12)2-3(9-6(10)13)8-5(7-2)11(14)15/h1H3,(H,7,8)(H,9,13). The third-order valence-corrected chi connectivity index (χ3v) is 1.91. The summed E-state index contributed by atoms with van der Waals surface area (Å²) in [4.78, 5) is 40.0. The lowest BCUT2D eigenvalue weighted by atomic mass is 10.5. The summed E-state index contributed by atoms with van der Waals surface area (Å²) in [5.74, 6) is -0.580. The monoisotopic (exact) mass is 211 g/mol. The zero-order valence-electron chi connectivity index (χ0n) is 7.47. The van der Waals surface area contributed by atoms with Crippen LogP contribution in [0.25, 0.3) is 11.2 Å². The van der Waals surface area contributed by atoms with E-state index in [9.17, 15) is 19.7 Å². The fourth-order valence-corrected chi connectivity index (χ4v) is 1.14.